The summed E-state index contributed by atoms with van der Waals surface area (Å²) in [6, 6.07) is 14.3. The van der Waals surface area contributed by atoms with Gasteiger partial charge in [0.05, 0.1) is 23.3 Å². The zero-order valence-corrected chi connectivity index (χ0v) is 13.8. The second-order valence-corrected chi connectivity index (χ2v) is 5.89. The summed E-state index contributed by atoms with van der Waals surface area (Å²) in [6.07, 6.45) is 1.23. The molecule has 1 unspecified atom stereocenters. The van der Waals surface area contributed by atoms with Crippen LogP contribution >= 0.6 is 11.6 Å². The summed E-state index contributed by atoms with van der Waals surface area (Å²) >= 11 is 6.15. The van der Waals surface area contributed by atoms with Crippen LogP contribution in [0, 0.1) is 0 Å². The van der Waals surface area contributed by atoms with E-state index in [1.165, 1.54) is 10.8 Å². The van der Waals surface area contributed by atoms with Crippen LogP contribution in [0.15, 0.2) is 59.5 Å². The molecule has 0 radical (unpaired) electrons. The maximum atomic E-state index is 12.4. The maximum Gasteiger partial charge on any atom is 0.269 e. The van der Waals surface area contributed by atoms with Crippen molar-refractivity contribution in [1.29, 1.82) is 0 Å². The molecular weight excluding hydrogens is 326 g/mol. The van der Waals surface area contributed by atoms with Crippen LogP contribution in [0.25, 0.3) is 11.0 Å². The van der Waals surface area contributed by atoms with Crippen LogP contribution in [0.5, 0.6) is 0 Å². The Morgan fingerprint density at radius 3 is 2.71 bits per heavy atom. The fourth-order valence-electron chi connectivity index (χ4n) is 2.61. The van der Waals surface area contributed by atoms with Crippen LogP contribution in [0.3, 0.4) is 0 Å². The zero-order valence-electron chi connectivity index (χ0n) is 13.1. The Labute approximate surface area is 143 Å². The van der Waals surface area contributed by atoms with Gasteiger partial charge in [0, 0.05) is 5.02 Å². The highest BCUT2D eigenvalue weighted by Gasteiger charge is 2.14. The van der Waals surface area contributed by atoms with Crippen LogP contribution in [0.1, 0.15) is 18.5 Å². The number of halogens is 1. The molecule has 24 heavy (non-hydrogen) atoms. The summed E-state index contributed by atoms with van der Waals surface area (Å²) in [5, 5.41) is 3.47. The lowest BCUT2D eigenvalue weighted by molar-refractivity contribution is -0.122. The van der Waals surface area contributed by atoms with Gasteiger partial charge in [-0.3, -0.25) is 14.2 Å². The predicted octanol–water partition coefficient (Wildman–Crippen LogP) is 2.93. The SMILES string of the molecule is CC(NC(=O)Cn1c(=O)cnc2ccccc21)c1ccccc1Cl. The Balaban J connectivity index is 1.82. The number of rotatable bonds is 4. The summed E-state index contributed by atoms with van der Waals surface area (Å²) in [5.41, 5.74) is 1.82. The van der Waals surface area contributed by atoms with Crippen LogP contribution in [0.2, 0.25) is 5.02 Å². The normalized spacial score (nSPS) is 12.1. The Bertz CT molecular complexity index is 952. The number of benzene rings is 2. The topological polar surface area (TPSA) is 64.0 Å². The van der Waals surface area contributed by atoms with Gasteiger partial charge in [0.15, 0.2) is 0 Å². The third-order valence-electron chi connectivity index (χ3n) is 3.80. The molecular formula is C18H16ClN3O2. The van der Waals surface area contributed by atoms with E-state index >= 15 is 0 Å². The molecule has 1 N–H and O–H groups in total. The van der Waals surface area contributed by atoms with Gasteiger partial charge in [-0.25, -0.2) is 4.98 Å². The average Bonchev–Trinajstić information content (AvgIpc) is 2.58. The van der Waals surface area contributed by atoms with E-state index in [9.17, 15) is 9.59 Å². The largest absolute Gasteiger partial charge is 0.348 e. The van der Waals surface area contributed by atoms with E-state index in [4.69, 9.17) is 11.6 Å². The van der Waals surface area contributed by atoms with Crippen molar-refractivity contribution in [3.05, 3.63) is 75.7 Å². The predicted molar refractivity (Wildman–Crippen MR) is 94.0 cm³/mol. The Morgan fingerprint density at radius 1 is 1.21 bits per heavy atom. The molecule has 2 aromatic carbocycles. The number of aromatic nitrogens is 2. The van der Waals surface area contributed by atoms with Crippen molar-refractivity contribution < 1.29 is 4.79 Å². The van der Waals surface area contributed by atoms with E-state index in [0.717, 1.165) is 5.56 Å². The summed E-state index contributed by atoms with van der Waals surface area (Å²) in [6.45, 7) is 1.78. The highest BCUT2D eigenvalue weighted by molar-refractivity contribution is 6.31. The van der Waals surface area contributed by atoms with Crippen molar-refractivity contribution in [2.75, 3.05) is 0 Å². The van der Waals surface area contributed by atoms with Crippen molar-refractivity contribution in [3.8, 4) is 0 Å². The number of nitrogens with zero attached hydrogens (tertiary/aromatic N) is 2. The third-order valence-corrected chi connectivity index (χ3v) is 4.15. The molecule has 3 rings (SSSR count). The van der Waals surface area contributed by atoms with E-state index in [-0.39, 0.29) is 24.1 Å². The van der Waals surface area contributed by atoms with Gasteiger partial charge in [-0.15, -0.1) is 0 Å². The van der Waals surface area contributed by atoms with Crippen molar-refractivity contribution >= 4 is 28.5 Å². The van der Waals surface area contributed by atoms with Crippen LogP contribution in [0.4, 0.5) is 0 Å². The molecule has 0 aliphatic carbocycles. The Morgan fingerprint density at radius 2 is 1.92 bits per heavy atom. The van der Waals surface area contributed by atoms with Gasteiger partial charge in [-0.2, -0.15) is 0 Å². The minimum absolute atomic E-state index is 0.0728. The third kappa shape index (κ3) is 3.31. The van der Waals surface area contributed by atoms with Gasteiger partial charge in [-0.05, 0) is 30.7 Å². The zero-order chi connectivity index (χ0) is 17.1. The molecule has 1 heterocycles. The van der Waals surface area contributed by atoms with Crippen LogP contribution < -0.4 is 10.9 Å². The first kappa shape index (κ1) is 16.2. The Kier molecular flexibility index (Phi) is 4.62. The van der Waals surface area contributed by atoms with Crippen LogP contribution in [-0.2, 0) is 11.3 Å². The highest BCUT2D eigenvalue weighted by atomic mass is 35.5. The lowest BCUT2D eigenvalue weighted by atomic mass is 10.1. The van der Waals surface area contributed by atoms with Gasteiger partial charge in [0.2, 0.25) is 5.91 Å². The first-order valence-electron chi connectivity index (χ1n) is 7.54. The maximum absolute atomic E-state index is 12.4. The summed E-state index contributed by atoms with van der Waals surface area (Å²) in [7, 11) is 0. The number of amides is 1. The molecule has 0 saturated heterocycles. The number of hydrogen-bond donors (Lipinski definition) is 1. The molecule has 5 nitrogen and oxygen atoms in total. The van der Waals surface area contributed by atoms with Crippen molar-refractivity contribution in [2.45, 2.75) is 19.5 Å². The molecule has 0 spiro atoms. The molecule has 6 heteroatoms. The number of para-hydroxylation sites is 2. The molecule has 0 aliphatic rings. The number of fused-ring (bicyclic) bond motifs is 1. The lowest BCUT2D eigenvalue weighted by Crippen LogP contribution is -2.34. The minimum Gasteiger partial charge on any atom is -0.348 e. The number of nitrogens with one attached hydrogen (secondary N) is 1. The van der Waals surface area contributed by atoms with Crippen LogP contribution in [-0.4, -0.2) is 15.5 Å². The van der Waals surface area contributed by atoms with Gasteiger partial charge < -0.3 is 5.32 Å². The fourth-order valence-corrected chi connectivity index (χ4v) is 2.91. The molecule has 0 bridgehead atoms. The molecule has 0 aliphatic heterocycles. The first-order chi connectivity index (χ1) is 11.6. The van der Waals surface area contributed by atoms with Crippen molar-refractivity contribution in [1.82, 2.24) is 14.9 Å². The van der Waals surface area contributed by atoms with Gasteiger partial charge in [-0.1, -0.05) is 41.9 Å². The molecule has 122 valence electrons. The molecule has 0 fully saturated rings. The van der Waals surface area contributed by atoms with Gasteiger partial charge in [0.25, 0.3) is 5.56 Å². The number of carbonyl (C=O) groups is 1. The minimum atomic E-state index is -0.311. The van der Waals surface area contributed by atoms with E-state index in [1.807, 2.05) is 37.3 Å². The molecule has 1 amide bonds. The summed E-state index contributed by atoms with van der Waals surface area (Å²) < 4.78 is 1.41. The van der Waals surface area contributed by atoms with E-state index in [2.05, 4.69) is 10.3 Å². The van der Waals surface area contributed by atoms with E-state index < -0.39 is 0 Å². The summed E-state index contributed by atoms with van der Waals surface area (Å²) in [4.78, 5) is 28.5. The van der Waals surface area contributed by atoms with E-state index in [0.29, 0.717) is 16.1 Å². The summed E-state index contributed by atoms with van der Waals surface area (Å²) in [5.74, 6) is -0.263. The van der Waals surface area contributed by atoms with Crippen molar-refractivity contribution in [3.63, 3.8) is 0 Å². The molecule has 3 aromatic rings. The average molecular weight is 342 g/mol. The monoisotopic (exact) mass is 341 g/mol. The number of hydrogen-bond acceptors (Lipinski definition) is 3. The molecule has 1 atom stereocenters. The van der Waals surface area contributed by atoms with E-state index in [1.54, 1.807) is 18.2 Å². The van der Waals surface area contributed by atoms with Gasteiger partial charge >= 0.3 is 0 Å². The fraction of sp³-hybridized carbons (Fsp3) is 0.167. The molecule has 1 aromatic heterocycles. The number of carbonyl (C=O) groups excluding carboxylic acids is 1. The van der Waals surface area contributed by atoms with Gasteiger partial charge in [0.1, 0.15) is 6.54 Å². The second kappa shape index (κ2) is 6.84. The second-order valence-electron chi connectivity index (χ2n) is 5.48. The lowest BCUT2D eigenvalue weighted by Gasteiger charge is -2.16. The first-order valence-corrected chi connectivity index (χ1v) is 7.92. The Hall–Kier alpha value is -2.66. The smallest absolute Gasteiger partial charge is 0.269 e. The highest BCUT2D eigenvalue weighted by Crippen LogP contribution is 2.22. The molecule has 0 saturated carbocycles. The van der Waals surface area contributed by atoms with Crippen molar-refractivity contribution in [2.24, 2.45) is 0 Å². The standard InChI is InChI=1S/C18H16ClN3O2/c1-12(13-6-2-3-7-14(13)19)21-17(23)11-22-16-9-5-4-8-15(16)20-10-18(22)24/h2-10,12H,11H2,1H3,(H,21,23). The quantitative estimate of drug-likeness (QED) is 0.793.